The maximum absolute atomic E-state index is 12.7. The van der Waals surface area contributed by atoms with Crippen molar-refractivity contribution < 1.29 is 22.7 Å². The molecular formula is C20H22N2O5S. The smallest absolute Gasteiger partial charge is 0.240 e. The van der Waals surface area contributed by atoms with Crippen LogP contribution >= 0.6 is 0 Å². The number of benzene rings is 2. The lowest BCUT2D eigenvalue weighted by Gasteiger charge is -2.26. The molecular weight excluding hydrogens is 380 g/mol. The molecule has 2 aliphatic rings. The highest BCUT2D eigenvalue weighted by Gasteiger charge is 2.26. The predicted molar refractivity (Wildman–Crippen MR) is 104 cm³/mol. The molecule has 2 aliphatic heterocycles. The second kappa shape index (κ2) is 7.44. The van der Waals surface area contributed by atoms with Gasteiger partial charge >= 0.3 is 0 Å². The first-order chi connectivity index (χ1) is 13.4. The number of ether oxygens (including phenoxy) is 2. The molecule has 0 aliphatic carbocycles. The van der Waals surface area contributed by atoms with Crippen LogP contribution in [0.15, 0.2) is 47.4 Å². The van der Waals surface area contributed by atoms with Gasteiger partial charge in [0.05, 0.1) is 11.4 Å². The van der Waals surface area contributed by atoms with Crippen LogP contribution in [0.1, 0.15) is 18.4 Å². The molecule has 1 amide bonds. The summed E-state index contributed by atoms with van der Waals surface area (Å²) in [5, 5.41) is 0. The molecule has 0 radical (unpaired) electrons. The zero-order chi connectivity index (χ0) is 19.7. The first-order valence-corrected chi connectivity index (χ1v) is 10.7. The third kappa shape index (κ3) is 3.70. The van der Waals surface area contributed by atoms with E-state index in [1.165, 1.54) is 6.07 Å². The molecule has 2 aromatic rings. The molecule has 8 heteroatoms. The van der Waals surface area contributed by atoms with E-state index in [0.717, 1.165) is 17.7 Å². The summed E-state index contributed by atoms with van der Waals surface area (Å²) in [4.78, 5) is 13.8. The normalized spacial score (nSPS) is 19.1. The predicted octanol–water partition coefficient (Wildman–Crippen LogP) is 2.24. The molecule has 4 rings (SSSR count). The maximum Gasteiger partial charge on any atom is 0.240 e. The summed E-state index contributed by atoms with van der Waals surface area (Å²) >= 11 is 0. The van der Waals surface area contributed by atoms with Crippen molar-refractivity contribution >= 4 is 21.6 Å². The van der Waals surface area contributed by atoms with E-state index >= 15 is 0 Å². The SMILES string of the molecule is Cc1cc(S(=O)(=O)NC[C@H]2COc3ccccc3O2)ccc1N1CCCC1=O. The number of nitrogens with zero attached hydrogens (tertiary/aromatic N) is 1. The summed E-state index contributed by atoms with van der Waals surface area (Å²) in [6.45, 7) is 2.86. The molecule has 0 aromatic heterocycles. The zero-order valence-corrected chi connectivity index (χ0v) is 16.4. The van der Waals surface area contributed by atoms with Gasteiger partial charge in [0.2, 0.25) is 15.9 Å². The molecule has 0 unspecified atom stereocenters. The lowest BCUT2D eigenvalue weighted by molar-refractivity contribution is -0.117. The topological polar surface area (TPSA) is 84.9 Å². The van der Waals surface area contributed by atoms with E-state index in [0.29, 0.717) is 24.5 Å². The van der Waals surface area contributed by atoms with Crippen molar-refractivity contribution in [3.63, 3.8) is 0 Å². The number of fused-ring (bicyclic) bond motifs is 1. The van der Waals surface area contributed by atoms with Crippen molar-refractivity contribution in [2.75, 3.05) is 24.6 Å². The van der Waals surface area contributed by atoms with Crippen molar-refractivity contribution in [2.24, 2.45) is 0 Å². The monoisotopic (exact) mass is 402 g/mol. The Kier molecular flexibility index (Phi) is 4.99. The summed E-state index contributed by atoms with van der Waals surface area (Å²) in [5.41, 5.74) is 1.52. The van der Waals surface area contributed by atoms with E-state index in [-0.39, 0.29) is 24.0 Å². The molecule has 2 heterocycles. The second-order valence-corrected chi connectivity index (χ2v) is 8.71. The van der Waals surface area contributed by atoms with Gasteiger partial charge in [-0.05, 0) is 49.2 Å². The Morgan fingerprint density at radius 1 is 1.18 bits per heavy atom. The van der Waals surface area contributed by atoms with Gasteiger partial charge in [-0.25, -0.2) is 13.1 Å². The first kappa shape index (κ1) is 18.8. The van der Waals surface area contributed by atoms with Crippen LogP contribution < -0.4 is 19.1 Å². The zero-order valence-electron chi connectivity index (χ0n) is 15.6. The lowest BCUT2D eigenvalue weighted by atomic mass is 10.2. The quantitative estimate of drug-likeness (QED) is 0.829. The van der Waals surface area contributed by atoms with Crippen LogP contribution in [0.2, 0.25) is 0 Å². The van der Waals surface area contributed by atoms with Gasteiger partial charge in [-0.15, -0.1) is 0 Å². The van der Waals surface area contributed by atoms with Crippen LogP contribution in [0, 0.1) is 6.92 Å². The fourth-order valence-corrected chi connectivity index (χ4v) is 4.60. The van der Waals surface area contributed by atoms with E-state index in [4.69, 9.17) is 9.47 Å². The Labute approximate surface area is 164 Å². The number of anilines is 1. The van der Waals surface area contributed by atoms with Crippen LogP contribution in [0.25, 0.3) is 0 Å². The highest BCUT2D eigenvalue weighted by atomic mass is 32.2. The van der Waals surface area contributed by atoms with Crippen LogP contribution in [0.5, 0.6) is 11.5 Å². The fraction of sp³-hybridized carbons (Fsp3) is 0.350. The van der Waals surface area contributed by atoms with Crippen molar-refractivity contribution in [1.82, 2.24) is 4.72 Å². The van der Waals surface area contributed by atoms with Crippen LogP contribution in [-0.2, 0) is 14.8 Å². The maximum atomic E-state index is 12.7. The van der Waals surface area contributed by atoms with E-state index < -0.39 is 16.1 Å². The first-order valence-electron chi connectivity index (χ1n) is 9.23. The molecule has 1 fully saturated rings. The average Bonchev–Trinajstić information content (AvgIpc) is 3.12. The molecule has 2 aromatic carbocycles. The molecule has 28 heavy (non-hydrogen) atoms. The van der Waals surface area contributed by atoms with Gasteiger partial charge in [0.15, 0.2) is 11.5 Å². The molecule has 0 saturated carbocycles. The van der Waals surface area contributed by atoms with Crippen molar-refractivity contribution in [3.8, 4) is 11.5 Å². The largest absolute Gasteiger partial charge is 0.486 e. The molecule has 1 atom stereocenters. The average molecular weight is 402 g/mol. The Morgan fingerprint density at radius 2 is 1.96 bits per heavy atom. The summed E-state index contributed by atoms with van der Waals surface area (Å²) in [5.74, 6) is 1.34. The number of rotatable bonds is 5. The number of carbonyl (C=O) groups excluding carboxylic acids is 1. The number of nitrogens with one attached hydrogen (secondary N) is 1. The van der Waals surface area contributed by atoms with E-state index in [9.17, 15) is 13.2 Å². The minimum Gasteiger partial charge on any atom is -0.486 e. The van der Waals surface area contributed by atoms with Crippen molar-refractivity contribution in [1.29, 1.82) is 0 Å². The number of aryl methyl sites for hydroxylation is 1. The fourth-order valence-electron chi connectivity index (χ4n) is 3.45. The lowest BCUT2D eigenvalue weighted by Crippen LogP contribution is -2.40. The van der Waals surface area contributed by atoms with Gasteiger partial charge in [0.25, 0.3) is 0 Å². The molecule has 7 nitrogen and oxygen atoms in total. The number of hydrogen-bond acceptors (Lipinski definition) is 5. The number of hydrogen-bond donors (Lipinski definition) is 1. The van der Waals surface area contributed by atoms with Gasteiger partial charge in [-0.1, -0.05) is 12.1 Å². The van der Waals surface area contributed by atoms with Crippen molar-refractivity contribution in [2.45, 2.75) is 30.8 Å². The van der Waals surface area contributed by atoms with Crippen LogP contribution in [-0.4, -0.2) is 40.1 Å². The van der Waals surface area contributed by atoms with E-state index in [2.05, 4.69) is 4.72 Å². The van der Waals surface area contributed by atoms with E-state index in [1.807, 2.05) is 25.1 Å². The third-order valence-corrected chi connectivity index (χ3v) is 6.33. The number of sulfonamides is 1. The summed E-state index contributed by atoms with van der Waals surface area (Å²) in [6.07, 6.45) is 0.951. The third-order valence-electron chi connectivity index (χ3n) is 4.91. The number of carbonyl (C=O) groups is 1. The summed E-state index contributed by atoms with van der Waals surface area (Å²) in [7, 11) is -3.70. The number of para-hydroxylation sites is 2. The summed E-state index contributed by atoms with van der Waals surface area (Å²) < 4.78 is 39.4. The molecule has 0 bridgehead atoms. The van der Waals surface area contributed by atoms with Gasteiger partial charge in [0.1, 0.15) is 12.7 Å². The molecule has 0 spiro atoms. The minimum atomic E-state index is -3.70. The van der Waals surface area contributed by atoms with E-state index in [1.54, 1.807) is 23.1 Å². The van der Waals surface area contributed by atoms with Crippen molar-refractivity contribution in [3.05, 3.63) is 48.0 Å². The van der Waals surface area contributed by atoms with Gasteiger partial charge < -0.3 is 14.4 Å². The Morgan fingerprint density at radius 3 is 2.68 bits per heavy atom. The standard InChI is InChI=1S/C20H22N2O5S/c1-14-11-16(8-9-17(14)22-10-4-7-20(22)23)28(24,25)21-12-15-13-26-18-5-2-3-6-19(18)27-15/h2-3,5-6,8-9,11,15,21H,4,7,10,12-13H2,1H3/t15-/m0/s1. The minimum absolute atomic E-state index is 0.0755. The Hall–Kier alpha value is -2.58. The molecule has 1 saturated heterocycles. The van der Waals surface area contributed by atoms with Gasteiger partial charge in [-0.3, -0.25) is 4.79 Å². The molecule has 148 valence electrons. The highest BCUT2D eigenvalue weighted by molar-refractivity contribution is 7.89. The molecule has 1 N–H and O–H groups in total. The Bertz CT molecular complexity index is 1010. The Balaban J connectivity index is 1.44. The van der Waals surface area contributed by atoms with Gasteiger partial charge in [0, 0.05) is 18.7 Å². The van der Waals surface area contributed by atoms with Gasteiger partial charge in [-0.2, -0.15) is 0 Å². The van der Waals surface area contributed by atoms with Crippen LogP contribution in [0.4, 0.5) is 5.69 Å². The second-order valence-electron chi connectivity index (χ2n) is 6.95. The highest BCUT2D eigenvalue weighted by Crippen LogP contribution is 2.31. The summed E-state index contributed by atoms with van der Waals surface area (Å²) in [6, 6.07) is 12.1. The number of amides is 1. The van der Waals surface area contributed by atoms with Crippen LogP contribution in [0.3, 0.4) is 0 Å².